The fourth-order valence-corrected chi connectivity index (χ4v) is 4.83. The van der Waals surface area contributed by atoms with E-state index < -0.39 is 0 Å². The number of hydrogen-bond donors (Lipinski definition) is 0. The van der Waals surface area contributed by atoms with E-state index in [2.05, 4.69) is 86.2 Å². The first-order valence-electron chi connectivity index (χ1n) is 8.45. The van der Waals surface area contributed by atoms with Gasteiger partial charge in [-0.3, -0.25) is 0 Å². The predicted molar refractivity (Wildman–Crippen MR) is 98.0 cm³/mol. The van der Waals surface area contributed by atoms with Gasteiger partial charge in [-0.2, -0.15) is 0 Å². The summed E-state index contributed by atoms with van der Waals surface area (Å²) in [5.74, 6) is 1.10. The number of aromatic nitrogens is 1. The Kier molecular flexibility index (Phi) is 2.39. The molecular weight excluding hydrogens is 278 g/mol. The minimum atomic E-state index is 0.186. The summed E-state index contributed by atoms with van der Waals surface area (Å²) in [6.45, 7) is 4.79. The maximum Gasteiger partial charge on any atom is 0.0491 e. The third-order valence-corrected chi connectivity index (χ3v) is 6.11. The van der Waals surface area contributed by atoms with Gasteiger partial charge >= 0.3 is 0 Å². The molecule has 2 unspecified atom stereocenters. The highest BCUT2D eigenvalue weighted by Gasteiger charge is 2.44. The van der Waals surface area contributed by atoms with Gasteiger partial charge in [-0.05, 0) is 40.7 Å². The van der Waals surface area contributed by atoms with Gasteiger partial charge in [0.05, 0.1) is 0 Å². The second-order valence-corrected chi connectivity index (χ2v) is 7.58. The molecule has 5 rings (SSSR count). The second kappa shape index (κ2) is 4.17. The molecule has 0 radical (unpaired) electrons. The van der Waals surface area contributed by atoms with Gasteiger partial charge in [0.1, 0.15) is 0 Å². The summed E-state index contributed by atoms with van der Waals surface area (Å²) in [6.07, 6.45) is 9.20. The fraction of sp³-hybridized carbons (Fsp3) is 0.273. The Morgan fingerprint density at radius 3 is 2.57 bits per heavy atom. The number of allylic oxidation sites excluding steroid dienone is 4. The Hall–Kier alpha value is -2.28. The molecular formula is C22H21N. The van der Waals surface area contributed by atoms with Crippen molar-refractivity contribution < 1.29 is 0 Å². The molecule has 2 aliphatic carbocycles. The first-order chi connectivity index (χ1) is 11.1. The third-order valence-electron chi connectivity index (χ3n) is 6.11. The molecule has 3 aromatic rings. The van der Waals surface area contributed by atoms with Crippen LogP contribution in [-0.4, -0.2) is 4.57 Å². The van der Waals surface area contributed by atoms with Crippen molar-refractivity contribution in [2.45, 2.75) is 25.2 Å². The predicted octanol–water partition coefficient (Wildman–Crippen LogP) is 5.45. The van der Waals surface area contributed by atoms with E-state index in [1.807, 2.05) is 0 Å². The number of para-hydroxylation sites is 1. The summed E-state index contributed by atoms with van der Waals surface area (Å²) in [5.41, 5.74) is 5.89. The fourth-order valence-electron chi connectivity index (χ4n) is 4.83. The van der Waals surface area contributed by atoms with E-state index in [4.69, 9.17) is 0 Å². The van der Waals surface area contributed by atoms with Gasteiger partial charge in [0.2, 0.25) is 0 Å². The largest absolute Gasteiger partial charge is 0.344 e. The maximum absolute atomic E-state index is 2.46. The zero-order valence-corrected chi connectivity index (χ0v) is 13.9. The molecule has 0 fully saturated rings. The minimum absolute atomic E-state index is 0.186. The number of benzene rings is 2. The van der Waals surface area contributed by atoms with Crippen molar-refractivity contribution in [3.05, 3.63) is 71.8 Å². The number of hydrogen-bond acceptors (Lipinski definition) is 0. The smallest absolute Gasteiger partial charge is 0.0491 e. The third kappa shape index (κ3) is 1.53. The molecule has 2 atom stereocenters. The zero-order valence-electron chi connectivity index (χ0n) is 13.9. The molecule has 1 aromatic heterocycles. The first-order valence-corrected chi connectivity index (χ1v) is 8.45. The van der Waals surface area contributed by atoms with Gasteiger partial charge in [-0.25, -0.2) is 0 Å². The number of aryl methyl sites for hydroxylation is 1. The molecule has 0 amide bonds. The molecule has 2 aliphatic rings. The van der Waals surface area contributed by atoms with Crippen molar-refractivity contribution in [3.8, 4) is 0 Å². The van der Waals surface area contributed by atoms with Crippen LogP contribution >= 0.6 is 0 Å². The van der Waals surface area contributed by atoms with E-state index in [1.165, 1.54) is 32.9 Å². The molecule has 0 saturated heterocycles. The summed E-state index contributed by atoms with van der Waals surface area (Å²) in [4.78, 5) is 0. The van der Waals surface area contributed by atoms with Crippen LogP contribution in [0.5, 0.6) is 0 Å². The molecule has 0 aliphatic heterocycles. The minimum Gasteiger partial charge on any atom is -0.344 e. The number of fused-ring (bicyclic) bond motifs is 6. The van der Waals surface area contributed by atoms with E-state index in [0.717, 1.165) is 0 Å². The molecule has 2 aromatic carbocycles. The molecule has 23 heavy (non-hydrogen) atoms. The first kappa shape index (κ1) is 13.2. The highest BCUT2D eigenvalue weighted by Crippen LogP contribution is 2.54. The number of nitrogens with zero attached hydrogens (tertiary/aromatic N) is 1. The van der Waals surface area contributed by atoms with Gasteiger partial charge < -0.3 is 4.57 Å². The molecule has 1 nitrogen and oxygen atoms in total. The number of rotatable bonds is 0. The lowest BCUT2D eigenvalue weighted by molar-refractivity contribution is 0.394. The average molecular weight is 299 g/mol. The van der Waals surface area contributed by atoms with Crippen molar-refractivity contribution in [2.75, 3.05) is 0 Å². The van der Waals surface area contributed by atoms with E-state index in [9.17, 15) is 0 Å². The SMILES string of the molecule is Cn1c2ccccc2c2cc3c(cc21)C(C)(C)C1C=CC=CC31. The van der Waals surface area contributed by atoms with Crippen LogP contribution in [0, 0.1) is 5.92 Å². The Bertz CT molecular complexity index is 1010. The van der Waals surface area contributed by atoms with Gasteiger partial charge in [0.15, 0.2) is 0 Å². The lowest BCUT2D eigenvalue weighted by atomic mass is 9.74. The van der Waals surface area contributed by atoms with Crippen LogP contribution in [0.15, 0.2) is 60.7 Å². The Morgan fingerprint density at radius 2 is 1.70 bits per heavy atom. The Morgan fingerprint density at radius 1 is 0.913 bits per heavy atom. The highest BCUT2D eigenvalue weighted by atomic mass is 14.9. The molecule has 0 bridgehead atoms. The van der Waals surface area contributed by atoms with Gasteiger partial charge in [-0.1, -0.05) is 56.4 Å². The molecule has 0 spiro atoms. The van der Waals surface area contributed by atoms with E-state index >= 15 is 0 Å². The van der Waals surface area contributed by atoms with Crippen molar-refractivity contribution in [3.63, 3.8) is 0 Å². The molecule has 0 N–H and O–H groups in total. The van der Waals surface area contributed by atoms with E-state index in [-0.39, 0.29) is 5.41 Å². The summed E-state index contributed by atoms with van der Waals surface area (Å²) in [7, 11) is 2.19. The van der Waals surface area contributed by atoms with Gasteiger partial charge in [0.25, 0.3) is 0 Å². The van der Waals surface area contributed by atoms with Gasteiger partial charge in [0, 0.05) is 34.8 Å². The maximum atomic E-state index is 2.46. The van der Waals surface area contributed by atoms with Crippen LogP contribution < -0.4 is 0 Å². The molecule has 1 heteroatoms. The lowest BCUT2D eigenvalue weighted by Crippen LogP contribution is -2.24. The van der Waals surface area contributed by atoms with E-state index in [0.29, 0.717) is 11.8 Å². The summed E-state index contributed by atoms with van der Waals surface area (Å²) in [6, 6.07) is 13.7. The highest BCUT2D eigenvalue weighted by molar-refractivity contribution is 6.08. The topological polar surface area (TPSA) is 4.93 Å². The van der Waals surface area contributed by atoms with Crippen LogP contribution in [-0.2, 0) is 12.5 Å². The standard InChI is InChI=1S/C22H21N/c1-22(2)18-10-6-4-8-14(18)16-12-17-15-9-5-7-11-20(15)23(3)21(17)13-19(16)22/h4-14,18H,1-3H3. The van der Waals surface area contributed by atoms with Crippen LogP contribution in [0.1, 0.15) is 30.9 Å². The summed E-state index contributed by atoms with van der Waals surface area (Å²) < 4.78 is 2.34. The second-order valence-electron chi connectivity index (χ2n) is 7.58. The van der Waals surface area contributed by atoms with Crippen LogP contribution in [0.25, 0.3) is 21.8 Å². The molecule has 1 heterocycles. The Balaban J connectivity index is 1.90. The average Bonchev–Trinajstić information content (AvgIpc) is 2.98. The van der Waals surface area contributed by atoms with Crippen molar-refractivity contribution in [2.24, 2.45) is 13.0 Å². The normalized spacial score (nSPS) is 24.3. The summed E-state index contributed by atoms with van der Waals surface area (Å²) in [5, 5.41) is 2.76. The van der Waals surface area contributed by atoms with Crippen LogP contribution in [0.2, 0.25) is 0 Å². The molecule has 0 saturated carbocycles. The lowest BCUT2D eigenvalue weighted by Gasteiger charge is -2.29. The van der Waals surface area contributed by atoms with Gasteiger partial charge in [-0.15, -0.1) is 0 Å². The Labute approximate surface area is 136 Å². The summed E-state index contributed by atoms with van der Waals surface area (Å²) >= 11 is 0. The zero-order chi connectivity index (χ0) is 15.8. The monoisotopic (exact) mass is 299 g/mol. The van der Waals surface area contributed by atoms with Crippen molar-refractivity contribution in [1.82, 2.24) is 4.57 Å². The van der Waals surface area contributed by atoms with Crippen molar-refractivity contribution >= 4 is 21.8 Å². The molecule has 114 valence electrons. The van der Waals surface area contributed by atoms with Crippen LogP contribution in [0.3, 0.4) is 0 Å². The van der Waals surface area contributed by atoms with Crippen LogP contribution in [0.4, 0.5) is 0 Å². The van der Waals surface area contributed by atoms with E-state index in [1.54, 1.807) is 0 Å². The quantitative estimate of drug-likeness (QED) is 0.520. The van der Waals surface area contributed by atoms with Crippen molar-refractivity contribution in [1.29, 1.82) is 0 Å².